The van der Waals surface area contributed by atoms with Gasteiger partial charge in [-0.3, -0.25) is 9.89 Å². The fourth-order valence-corrected chi connectivity index (χ4v) is 4.92. The minimum Gasteiger partial charge on any atom is -0.379 e. The van der Waals surface area contributed by atoms with E-state index in [0.717, 1.165) is 64.2 Å². The zero-order valence-corrected chi connectivity index (χ0v) is 19.1. The maximum Gasteiger partial charge on any atom is 0.191 e. The highest BCUT2D eigenvalue weighted by molar-refractivity contribution is 7.10. The first-order chi connectivity index (χ1) is 14.3. The maximum atomic E-state index is 5.55. The maximum absolute atomic E-state index is 5.55. The second-order valence-electron chi connectivity index (χ2n) is 8.20. The number of likely N-dealkylation sites (tertiary alicyclic amines) is 1. The van der Waals surface area contributed by atoms with Gasteiger partial charge in [-0.25, -0.2) is 0 Å². The molecule has 0 saturated carbocycles. The number of hydrogen-bond acceptors (Lipinski definition) is 5. The van der Waals surface area contributed by atoms with Crippen molar-refractivity contribution in [3.8, 4) is 0 Å². The summed E-state index contributed by atoms with van der Waals surface area (Å²) in [7, 11) is 0. The lowest BCUT2D eigenvalue weighted by molar-refractivity contribution is 0.0186. The van der Waals surface area contributed by atoms with Crippen molar-refractivity contribution in [1.29, 1.82) is 0 Å². The standard InChI is InChI=1S/C22H39N5OS/c1-3-23-22(24-9-5-10-26-11-7-19(2)8-12-26)25-18-20(21-6-4-17-29-21)27-13-15-28-16-14-27/h4,6,17,19-20H,3,5,7-16,18H2,1-2H3,(H2,23,24,25). The molecule has 1 aromatic heterocycles. The van der Waals surface area contributed by atoms with Crippen LogP contribution in [-0.4, -0.2) is 81.3 Å². The Morgan fingerprint density at radius 2 is 2.03 bits per heavy atom. The predicted octanol–water partition coefficient (Wildman–Crippen LogP) is 2.80. The van der Waals surface area contributed by atoms with Crippen molar-refractivity contribution in [2.45, 2.75) is 39.2 Å². The highest BCUT2D eigenvalue weighted by atomic mass is 32.1. The summed E-state index contributed by atoms with van der Waals surface area (Å²) in [6, 6.07) is 4.71. The van der Waals surface area contributed by atoms with Crippen molar-refractivity contribution in [3.05, 3.63) is 22.4 Å². The van der Waals surface area contributed by atoms with Crippen LogP contribution in [0.4, 0.5) is 0 Å². The van der Waals surface area contributed by atoms with Crippen molar-refractivity contribution in [2.24, 2.45) is 10.9 Å². The summed E-state index contributed by atoms with van der Waals surface area (Å²) < 4.78 is 5.55. The number of thiophene rings is 1. The summed E-state index contributed by atoms with van der Waals surface area (Å²) in [5.74, 6) is 1.84. The van der Waals surface area contributed by atoms with Crippen LogP contribution in [0.5, 0.6) is 0 Å². The fraction of sp³-hybridized carbons (Fsp3) is 0.773. The molecule has 7 heteroatoms. The van der Waals surface area contributed by atoms with Crippen LogP contribution in [0.1, 0.15) is 44.0 Å². The lowest BCUT2D eigenvalue weighted by atomic mass is 9.99. The van der Waals surface area contributed by atoms with Gasteiger partial charge in [0.2, 0.25) is 0 Å². The molecule has 3 heterocycles. The Kier molecular flexibility index (Phi) is 9.73. The van der Waals surface area contributed by atoms with Gasteiger partial charge in [0.25, 0.3) is 0 Å². The number of guanidine groups is 1. The molecular formula is C22H39N5OS. The van der Waals surface area contributed by atoms with Crippen LogP contribution >= 0.6 is 11.3 Å². The van der Waals surface area contributed by atoms with Crippen LogP contribution < -0.4 is 10.6 Å². The van der Waals surface area contributed by atoms with Crippen LogP contribution in [0.25, 0.3) is 0 Å². The van der Waals surface area contributed by atoms with Crippen LogP contribution in [0, 0.1) is 5.92 Å². The fourth-order valence-electron chi connectivity index (χ4n) is 4.07. The molecule has 2 aliphatic rings. The first-order valence-corrected chi connectivity index (χ1v) is 12.2. The zero-order valence-electron chi connectivity index (χ0n) is 18.2. The largest absolute Gasteiger partial charge is 0.379 e. The molecule has 29 heavy (non-hydrogen) atoms. The molecule has 1 aromatic rings. The average molecular weight is 422 g/mol. The molecule has 1 unspecified atom stereocenters. The first-order valence-electron chi connectivity index (χ1n) is 11.4. The van der Waals surface area contributed by atoms with Crippen molar-refractivity contribution in [2.75, 3.05) is 65.6 Å². The van der Waals surface area contributed by atoms with E-state index < -0.39 is 0 Å². The van der Waals surface area contributed by atoms with Gasteiger partial charge in [0.15, 0.2) is 5.96 Å². The highest BCUT2D eigenvalue weighted by Gasteiger charge is 2.23. The Morgan fingerprint density at radius 3 is 2.72 bits per heavy atom. The SMILES string of the molecule is CCNC(=NCC(c1cccs1)N1CCOCC1)NCCCN1CCC(C)CC1. The van der Waals surface area contributed by atoms with E-state index in [1.807, 2.05) is 11.3 Å². The van der Waals surface area contributed by atoms with E-state index in [1.165, 1.54) is 37.4 Å². The van der Waals surface area contributed by atoms with Crippen molar-refractivity contribution < 1.29 is 4.74 Å². The van der Waals surface area contributed by atoms with Gasteiger partial charge in [-0.05, 0) is 63.2 Å². The van der Waals surface area contributed by atoms with Crippen molar-refractivity contribution >= 4 is 17.3 Å². The Morgan fingerprint density at radius 1 is 1.24 bits per heavy atom. The third-order valence-electron chi connectivity index (χ3n) is 5.94. The van der Waals surface area contributed by atoms with E-state index >= 15 is 0 Å². The second kappa shape index (κ2) is 12.5. The highest BCUT2D eigenvalue weighted by Crippen LogP contribution is 2.26. The zero-order chi connectivity index (χ0) is 20.3. The number of rotatable bonds is 9. The van der Waals surface area contributed by atoms with Gasteiger partial charge in [-0.15, -0.1) is 11.3 Å². The molecule has 6 nitrogen and oxygen atoms in total. The van der Waals surface area contributed by atoms with Crippen LogP contribution in [-0.2, 0) is 4.74 Å². The molecule has 1 atom stereocenters. The summed E-state index contributed by atoms with van der Waals surface area (Å²) in [5.41, 5.74) is 0. The van der Waals surface area contributed by atoms with Gasteiger partial charge in [0.05, 0.1) is 25.8 Å². The third-order valence-corrected chi connectivity index (χ3v) is 6.92. The molecule has 0 aromatic carbocycles. The summed E-state index contributed by atoms with van der Waals surface area (Å²) in [6.45, 7) is 14.4. The van der Waals surface area contributed by atoms with Gasteiger partial charge in [-0.1, -0.05) is 13.0 Å². The van der Waals surface area contributed by atoms with Gasteiger partial charge in [0.1, 0.15) is 0 Å². The van der Waals surface area contributed by atoms with E-state index in [0.29, 0.717) is 6.04 Å². The summed E-state index contributed by atoms with van der Waals surface area (Å²) in [6.07, 6.45) is 3.86. The number of aliphatic imine (C=N–C) groups is 1. The number of hydrogen-bond donors (Lipinski definition) is 2. The molecule has 0 bridgehead atoms. The Bertz CT molecular complexity index is 580. The van der Waals surface area contributed by atoms with Gasteiger partial charge >= 0.3 is 0 Å². The number of morpholine rings is 1. The molecule has 0 spiro atoms. The molecule has 2 saturated heterocycles. The number of nitrogens with one attached hydrogen (secondary N) is 2. The van der Waals surface area contributed by atoms with E-state index in [2.05, 4.69) is 51.8 Å². The Balaban J connectivity index is 1.48. The quantitative estimate of drug-likeness (QED) is 0.365. The third kappa shape index (κ3) is 7.55. The van der Waals surface area contributed by atoms with Crippen LogP contribution in [0.15, 0.2) is 22.5 Å². The monoisotopic (exact) mass is 421 g/mol. The minimum atomic E-state index is 0.338. The van der Waals surface area contributed by atoms with Crippen molar-refractivity contribution in [1.82, 2.24) is 20.4 Å². The van der Waals surface area contributed by atoms with Gasteiger partial charge in [0, 0.05) is 31.1 Å². The van der Waals surface area contributed by atoms with E-state index in [-0.39, 0.29) is 0 Å². The Labute approximate surface area is 180 Å². The lowest BCUT2D eigenvalue weighted by Crippen LogP contribution is -2.42. The molecule has 164 valence electrons. The van der Waals surface area contributed by atoms with E-state index in [4.69, 9.17) is 9.73 Å². The van der Waals surface area contributed by atoms with Crippen LogP contribution in [0.3, 0.4) is 0 Å². The number of piperidine rings is 1. The molecule has 0 radical (unpaired) electrons. The number of ether oxygens (including phenoxy) is 1. The molecule has 0 amide bonds. The molecule has 2 aliphatic heterocycles. The van der Waals surface area contributed by atoms with E-state index in [1.54, 1.807) is 0 Å². The van der Waals surface area contributed by atoms with E-state index in [9.17, 15) is 0 Å². The van der Waals surface area contributed by atoms with Crippen LogP contribution in [0.2, 0.25) is 0 Å². The molecule has 2 fully saturated rings. The Hall–Kier alpha value is -1.15. The number of nitrogens with zero attached hydrogens (tertiary/aromatic N) is 3. The normalized spacial score (nSPS) is 21.2. The topological polar surface area (TPSA) is 52.1 Å². The molecular weight excluding hydrogens is 382 g/mol. The predicted molar refractivity (Wildman–Crippen MR) is 123 cm³/mol. The van der Waals surface area contributed by atoms with Gasteiger partial charge in [-0.2, -0.15) is 0 Å². The lowest BCUT2D eigenvalue weighted by Gasteiger charge is -2.33. The smallest absolute Gasteiger partial charge is 0.191 e. The van der Waals surface area contributed by atoms with Gasteiger partial charge < -0.3 is 20.3 Å². The molecule has 3 rings (SSSR count). The first kappa shape index (κ1) is 22.5. The summed E-state index contributed by atoms with van der Waals surface area (Å²) in [4.78, 5) is 11.5. The molecule has 0 aliphatic carbocycles. The minimum absolute atomic E-state index is 0.338. The molecule has 2 N–H and O–H groups in total. The summed E-state index contributed by atoms with van der Waals surface area (Å²) >= 11 is 1.83. The second-order valence-corrected chi connectivity index (χ2v) is 9.18. The average Bonchev–Trinajstić information content (AvgIpc) is 3.28. The summed E-state index contributed by atoms with van der Waals surface area (Å²) in [5, 5.41) is 9.12. The van der Waals surface area contributed by atoms with Crippen molar-refractivity contribution in [3.63, 3.8) is 0 Å².